The molecule has 34 heavy (non-hydrogen) atoms. The topological polar surface area (TPSA) is 54.1 Å². The van der Waals surface area contributed by atoms with Crippen molar-refractivity contribution in [3.8, 4) is 11.5 Å². The van der Waals surface area contributed by atoms with E-state index in [9.17, 15) is 0 Å². The molecule has 174 valence electrons. The predicted octanol–water partition coefficient (Wildman–Crippen LogP) is 5.94. The van der Waals surface area contributed by atoms with Gasteiger partial charge in [-0.25, -0.2) is 9.97 Å². The first-order chi connectivity index (χ1) is 16.7. The van der Waals surface area contributed by atoms with E-state index < -0.39 is 0 Å². The first kappa shape index (κ1) is 22.7. The number of rotatable bonds is 8. The number of methoxy groups -OCH3 is 2. The first-order valence-electron chi connectivity index (χ1n) is 10.9. The highest BCUT2D eigenvalue weighted by molar-refractivity contribution is 7.98. The van der Waals surface area contributed by atoms with Crippen molar-refractivity contribution in [2.75, 3.05) is 26.7 Å². The van der Waals surface area contributed by atoms with Gasteiger partial charge in [0.15, 0.2) is 10.3 Å². The van der Waals surface area contributed by atoms with Crippen LogP contribution in [0.2, 0.25) is 0 Å². The minimum atomic E-state index is 0.639. The number of thioether (sulfide) groups is 2. The molecule has 0 fully saturated rings. The lowest BCUT2D eigenvalue weighted by atomic mass is 10.1. The Labute approximate surface area is 207 Å². The van der Waals surface area contributed by atoms with E-state index in [4.69, 9.17) is 19.4 Å². The summed E-state index contributed by atoms with van der Waals surface area (Å²) in [7, 11) is 3.44. The highest BCUT2D eigenvalue weighted by atomic mass is 32.2. The van der Waals surface area contributed by atoms with Gasteiger partial charge in [-0.15, -0.1) is 0 Å². The van der Waals surface area contributed by atoms with Crippen molar-refractivity contribution in [3.63, 3.8) is 0 Å². The molecule has 0 amide bonds. The highest BCUT2D eigenvalue weighted by Gasteiger charge is 2.18. The second-order valence-corrected chi connectivity index (χ2v) is 9.37. The molecular formula is C26H26N4O2S2. The van der Waals surface area contributed by atoms with Crippen LogP contribution in [0.4, 0.5) is 0 Å². The van der Waals surface area contributed by atoms with Gasteiger partial charge in [0.05, 0.1) is 49.4 Å². The molecule has 0 spiro atoms. The number of hydrogen-bond acceptors (Lipinski definition) is 6. The Morgan fingerprint density at radius 3 is 1.47 bits per heavy atom. The fourth-order valence-corrected chi connectivity index (χ4v) is 5.48. The standard InChI is InChI=1S/C26H26N4O2S2/c1-31-23-13-18(16-30-22-12-8-6-10-20(22)28-26(30)34-4)24(32-2)14-17(23)15-29-21-11-7-5-9-19(21)27-25(29)33-3/h5-14H,15-16H2,1-4H3. The maximum atomic E-state index is 5.86. The Bertz CT molecular complexity index is 1360. The van der Waals surface area contributed by atoms with Gasteiger partial charge < -0.3 is 18.6 Å². The summed E-state index contributed by atoms with van der Waals surface area (Å²) >= 11 is 3.28. The summed E-state index contributed by atoms with van der Waals surface area (Å²) in [5.74, 6) is 1.66. The smallest absolute Gasteiger partial charge is 0.169 e. The van der Waals surface area contributed by atoms with Crippen LogP contribution in [0.5, 0.6) is 11.5 Å². The third kappa shape index (κ3) is 4.01. The molecule has 0 saturated heterocycles. The van der Waals surface area contributed by atoms with Crippen LogP contribution >= 0.6 is 23.5 Å². The van der Waals surface area contributed by atoms with Gasteiger partial charge in [-0.05, 0) is 48.9 Å². The number of aromatic nitrogens is 4. The van der Waals surface area contributed by atoms with Crippen molar-refractivity contribution in [2.45, 2.75) is 23.4 Å². The van der Waals surface area contributed by atoms with Gasteiger partial charge in [-0.3, -0.25) is 0 Å². The molecule has 2 aromatic heterocycles. The van der Waals surface area contributed by atoms with Crippen LogP contribution in [0, 0.1) is 0 Å². The van der Waals surface area contributed by atoms with Gasteiger partial charge >= 0.3 is 0 Å². The summed E-state index contributed by atoms with van der Waals surface area (Å²) in [6.45, 7) is 1.28. The van der Waals surface area contributed by atoms with E-state index >= 15 is 0 Å². The molecule has 5 rings (SSSR count). The van der Waals surface area contributed by atoms with Crippen LogP contribution < -0.4 is 9.47 Å². The third-order valence-corrected chi connectivity index (χ3v) is 7.30. The van der Waals surface area contributed by atoms with Crippen molar-refractivity contribution in [3.05, 3.63) is 71.8 Å². The van der Waals surface area contributed by atoms with Gasteiger partial charge in [0.1, 0.15) is 11.5 Å². The fraction of sp³-hybridized carbons (Fsp3) is 0.231. The molecule has 2 heterocycles. The van der Waals surface area contributed by atoms with Crippen LogP contribution in [-0.4, -0.2) is 45.8 Å². The Morgan fingerprint density at radius 2 is 1.09 bits per heavy atom. The maximum absolute atomic E-state index is 5.86. The zero-order valence-electron chi connectivity index (χ0n) is 19.6. The Morgan fingerprint density at radius 1 is 0.676 bits per heavy atom. The lowest BCUT2D eigenvalue weighted by Crippen LogP contribution is -2.07. The van der Waals surface area contributed by atoms with Gasteiger partial charge in [-0.1, -0.05) is 47.8 Å². The molecule has 0 saturated carbocycles. The number of fused-ring (bicyclic) bond motifs is 2. The summed E-state index contributed by atoms with van der Waals surface area (Å²) < 4.78 is 16.2. The van der Waals surface area contributed by atoms with E-state index in [0.717, 1.165) is 55.0 Å². The van der Waals surface area contributed by atoms with Crippen molar-refractivity contribution >= 4 is 45.6 Å². The minimum absolute atomic E-state index is 0.639. The summed E-state index contributed by atoms with van der Waals surface area (Å²) in [6.07, 6.45) is 4.11. The summed E-state index contributed by atoms with van der Waals surface area (Å²) in [5, 5.41) is 1.95. The Hall–Kier alpha value is -3.10. The SMILES string of the molecule is COc1cc(Cn2c(SC)nc3ccccc32)c(OC)cc1Cn1c(SC)nc2ccccc21. The van der Waals surface area contributed by atoms with Crippen LogP contribution in [0.25, 0.3) is 22.1 Å². The van der Waals surface area contributed by atoms with E-state index in [-0.39, 0.29) is 0 Å². The molecule has 0 aliphatic heterocycles. The van der Waals surface area contributed by atoms with Gasteiger partial charge in [0.25, 0.3) is 0 Å². The van der Waals surface area contributed by atoms with Crippen molar-refractivity contribution < 1.29 is 9.47 Å². The lowest BCUT2D eigenvalue weighted by molar-refractivity contribution is 0.392. The number of ether oxygens (including phenoxy) is 2. The first-order valence-corrected chi connectivity index (χ1v) is 13.3. The van der Waals surface area contributed by atoms with Gasteiger partial charge in [0.2, 0.25) is 0 Å². The van der Waals surface area contributed by atoms with E-state index in [1.54, 1.807) is 37.7 Å². The quantitative estimate of drug-likeness (QED) is 0.251. The zero-order valence-corrected chi connectivity index (χ0v) is 21.2. The molecule has 0 aliphatic rings. The molecule has 5 aromatic rings. The molecule has 0 aliphatic carbocycles. The molecule has 0 atom stereocenters. The second-order valence-electron chi connectivity index (χ2n) is 7.82. The molecule has 0 N–H and O–H groups in total. The van der Waals surface area contributed by atoms with E-state index in [1.165, 1.54) is 0 Å². The van der Waals surface area contributed by atoms with Crippen molar-refractivity contribution in [2.24, 2.45) is 0 Å². The summed E-state index contributed by atoms with van der Waals surface area (Å²) in [5.41, 5.74) is 6.28. The maximum Gasteiger partial charge on any atom is 0.169 e. The molecule has 0 unspecified atom stereocenters. The Kier molecular flexibility index (Phi) is 6.43. The Balaban J connectivity index is 1.57. The summed E-state index contributed by atoms with van der Waals surface area (Å²) in [6, 6.07) is 20.6. The molecule has 3 aromatic carbocycles. The van der Waals surface area contributed by atoms with Crippen LogP contribution in [0.1, 0.15) is 11.1 Å². The molecule has 8 heteroatoms. The van der Waals surface area contributed by atoms with Gasteiger partial charge in [-0.2, -0.15) is 0 Å². The van der Waals surface area contributed by atoms with Crippen molar-refractivity contribution in [1.82, 2.24) is 19.1 Å². The minimum Gasteiger partial charge on any atom is -0.496 e. The number of hydrogen-bond donors (Lipinski definition) is 0. The average molecular weight is 491 g/mol. The van der Waals surface area contributed by atoms with Crippen molar-refractivity contribution in [1.29, 1.82) is 0 Å². The highest BCUT2D eigenvalue weighted by Crippen LogP contribution is 2.34. The fourth-order valence-electron chi connectivity index (χ4n) is 4.34. The lowest BCUT2D eigenvalue weighted by Gasteiger charge is -2.17. The molecule has 6 nitrogen and oxygen atoms in total. The summed E-state index contributed by atoms with van der Waals surface area (Å²) in [4.78, 5) is 9.56. The van der Waals surface area contributed by atoms with E-state index in [2.05, 4.69) is 45.9 Å². The molecule has 0 radical (unpaired) electrons. The van der Waals surface area contributed by atoms with Crippen LogP contribution in [0.3, 0.4) is 0 Å². The van der Waals surface area contributed by atoms with E-state index in [0.29, 0.717) is 13.1 Å². The normalized spacial score (nSPS) is 11.4. The van der Waals surface area contributed by atoms with Gasteiger partial charge in [0, 0.05) is 11.1 Å². The number of para-hydroxylation sites is 4. The third-order valence-electron chi connectivity index (χ3n) is 5.94. The largest absolute Gasteiger partial charge is 0.496 e. The predicted molar refractivity (Wildman–Crippen MR) is 141 cm³/mol. The molecule has 0 bridgehead atoms. The van der Waals surface area contributed by atoms with Crippen LogP contribution in [-0.2, 0) is 13.1 Å². The number of benzene rings is 3. The number of imidazole rings is 2. The number of nitrogens with zero attached hydrogens (tertiary/aromatic N) is 4. The van der Waals surface area contributed by atoms with E-state index in [1.807, 2.05) is 36.4 Å². The molecular weight excluding hydrogens is 464 g/mol. The monoisotopic (exact) mass is 490 g/mol. The second kappa shape index (κ2) is 9.64. The zero-order chi connectivity index (χ0) is 23.7. The van der Waals surface area contributed by atoms with Crippen LogP contribution in [0.15, 0.2) is 71.0 Å². The average Bonchev–Trinajstić information content (AvgIpc) is 3.42.